The van der Waals surface area contributed by atoms with E-state index in [1.165, 1.54) is 49.4 Å². The monoisotopic (exact) mass is 511 g/mol. The molecule has 9 nitrogen and oxygen atoms in total. The quantitative estimate of drug-likeness (QED) is 0.386. The Morgan fingerprint density at radius 3 is 2.47 bits per heavy atom. The van der Waals surface area contributed by atoms with Crippen molar-refractivity contribution >= 4 is 53.2 Å². The van der Waals surface area contributed by atoms with E-state index in [0.717, 1.165) is 6.07 Å². The van der Waals surface area contributed by atoms with Crippen LogP contribution in [0.3, 0.4) is 0 Å². The SMILES string of the molecule is COc1cc(-c2ccc(F)cc2F)cc([C@H](CC(=O)O)NC(=O)NC2C(=O)C=C(C)N(C)C2=O)c1.[NaH]. The van der Waals surface area contributed by atoms with E-state index >= 15 is 0 Å². The van der Waals surface area contributed by atoms with Crippen molar-refractivity contribution in [2.24, 2.45) is 0 Å². The van der Waals surface area contributed by atoms with Gasteiger partial charge in [0.1, 0.15) is 17.4 Å². The van der Waals surface area contributed by atoms with Crippen molar-refractivity contribution in [2.45, 2.75) is 25.4 Å². The van der Waals surface area contributed by atoms with Crippen LogP contribution in [0.5, 0.6) is 5.75 Å². The molecule has 3 N–H and O–H groups in total. The number of halogens is 2. The van der Waals surface area contributed by atoms with E-state index in [1.54, 1.807) is 6.92 Å². The van der Waals surface area contributed by atoms with E-state index in [2.05, 4.69) is 10.6 Å². The van der Waals surface area contributed by atoms with E-state index in [-0.39, 0.29) is 52.0 Å². The van der Waals surface area contributed by atoms with Crippen molar-refractivity contribution in [3.05, 3.63) is 65.4 Å². The number of amides is 3. The van der Waals surface area contributed by atoms with Gasteiger partial charge in [0, 0.05) is 30.5 Å². The van der Waals surface area contributed by atoms with Crippen LogP contribution in [0.2, 0.25) is 0 Å². The molecule has 186 valence electrons. The Hall–Kier alpha value is -3.28. The van der Waals surface area contributed by atoms with E-state index in [0.29, 0.717) is 11.8 Å². The summed E-state index contributed by atoms with van der Waals surface area (Å²) in [6.07, 6.45) is 0.643. The zero-order chi connectivity index (χ0) is 25.9. The second kappa shape index (κ2) is 12.1. The molecule has 0 aromatic heterocycles. The molecule has 1 unspecified atom stereocenters. The molecule has 3 rings (SSSR count). The van der Waals surface area contributed by atoms with Gasteiger partial charge in [-0.3, -0.25) is 14.4 Å². The number of hydrogen-bond donors (Lipinski definition) is 3. The molecule has 1 heterocycles. The molecule has 2 aromatic carbocycles. The molecule has 0 saturated heterocycles. The molecule has 36 heavy (non-hydrogen) atoms. The van der Waals surface area contributed by atoms with E-state index in [1.807, 2.05) is 0 Å². The molecule has 1 aliphatic rings. The number of likely N-dealkylation sites (N-methyl/N-ethyl adjacent to an activating group) is 1. The van der Waals surface area contributed by atoms with Crippen LogP contribution >= 0.6 is 0 Å². The summed E-state index contributed by atoms with van der Waals surface area (Å²) in [6.45, 7) is 1.57. The van der Waals surface area contributed by atoms with Crippen molar-refractivity contribution in [2.75, 3.05) is 14.2 Å². The number of allylic oxidation sites excluding steroid dienone is 1. The minimum atomic E-state index is -1.47. The Balaban J connectivity index is 0.00000456. The molecule has 12 heteroatoms. The first-order valence-corrected chi connectivity index (χ1v) is 10.4. The first-order valence-electron chi connectivity index (χ1n) is 10.4. The Morgan fingerprint density at radius 1 is 1.17 bits per heavy atom. The Kier molecular flexibility index (Phi) is 9.74. The number of benzene rings is 2. The maximum atomic E-state index is 14.4. The van der Waals surface area contributed by atoms with Gasteiger partial charge in [0.05, 0.1) is 19.6 Å². The number of carbonyl (C=O) groups excluding carboxylic acids is 3. The fraction of sp³-hybridized carbons (Fsp3) is 0.250. The van der Waals surface area contributed by atoms with Gasteiger partial charge in [-0.1, -0.05) is 0 Å². The standard InChI is InChI=1S/C24H23F2N3O6.Na.H/c1-12-6-20(30)22(23(33)29(12)2)28-24(34)27-19(11-21(31)32)14-7-13(8-16(9-14)35-3)17-5-4-15(25)10-18(17)26;;/h4-10,19,22H,11H2,1-3H3,(H,31,32)(H2,27,28,34);;/t19-,22?;;/m0../s1. The predicted octanol–water partition coefficient (Wildman–Crippen LogP) is 2.12. The summed E-state index contributed by atoms with van der Waals surface area (Å²) >= 11 is 0. The number of methoxy groups -OCH3 is 1. The van der Waals surface area contributed by atoms with Gasteiger partial charge in [-0.2, -0.15) is 0 Å². The van der Waals surface area contributed by atoms with Gasteiger partial charge in [-0.25, -0.2) is 13.6 Å². The number of aliphatic carboxylic acids is 1. The number of nitrogens with one attached hydrogen (secondary N) is 2. The van der Waals surface area contributed by atoms with Crippen LogP contribution < -0.4 is 15.4 Å². The number of hydrogen-bond acceptors (Lipinski definition) is 5. The molecular formula is C24H24F2N3NaO6. The Labute approximate surface area is 227 Å². The number of urea groups is 1. The molecule has 2 aromatic rings. The molecule has 1 aliphatic heterocycles. The van der Waals surface area contributed by atoms with Gasteiger partial charge in [-0.15, -0.1) is 0 Å². The van der Waals surface area contributed by atoms with Crippen LogP contribution in [0.15, 0.2) is 48.2 Å². The first-order chi connectivity index (χ1) is 16.5. The minimum absolute atomic E-state index is 0. The topological polar surface area (TPSA) is 125 Å². The van der Waals surface area contributed by atoms with Gasteiger partial charge < -0.3 is 25.4 Å². The number of carboxylic acids is 1. The molecule has 0 bridgehead atoms. The maximum absolute atomic E-state index is 14.4. The molecule has 0 spiro atoms. The first kappa shape index (κ1) is 29.0. The van der Waals surface area contributed by atoms with Crippen molar-refractivity contribution in [1.29, 1.82) is 0 Å². The van der Waals surface area contributed by atoms with Gasteiger partial charge in [-0.05, 0) is 48.4 Å². The summed E-state index contributed by atoms with van der Waals surface area (Å²) in [5, 5.41) is 14.1. The number of ketones is 1. The third-order valence-electron chi connectivity index (χ3n) is 5.51. The third kappa shape index (κ3) is 6.68. The number of rotatable bonds is 7. The molecular weight excluding hydrogens is 487 g/mol. The van der Waals surface area contributed by atoms with Gasteiger partial charge in [0.25, 0.3) is 5.91 Å². The second-order valence-corrected chi connectivity index (χ2v) is 7.91. The summed E-state index contributed by atoms with van der Waals surface area (Å²) < 4.78 is 33.0. The molecule has 0 saturated carbocycles. The van der Waals surface area contributed by atoms with Crippen LogP contribution in [0.1, 0.15) is 24.9 Å². The van der Waals surface area contributed by atoms with Gasteiger partial charge >= 0.3 is 41.6 Å². The second-order valence-electron chi connectivity index (χ2n) is 7.91. The van der Waals surface area contributed by atoms with E-state index < -0.39 is 53.8 Å². The van der Waals surface area contributed by atoms with Crippen LogP contribution in [-0.4, -0.2) is 83.5 Å². The van der Waals surface area contributed by atoms with Gasteiger partial charge in [0.2, 0.25) is 0 Å². The van der Waals surface area contributed by atoms with Crippen LogP contribution in [-0.2, 0) is 14.4 Å². The third-order valence-corrected chi connectivity index (χ3v) is 5.51. The van der Waals surface area contributed by atoms with Crippen molar-refractivity contribution in [1.82, 2.24) is 15.5 Å². The average Bonchev–Trinajstić information content (AvgIpc) is 2.79. The Bertz CT molecular complexity index is 1240. The fourth-order valence-corrected chi connectivity index (χ4v) is 3.59. The number of nitrogens with zero attached hydrogens (tertiary/aromatic N) is 1. The Morgan fingerprint density at radius 2 is 1.86 bits per heavy atom. The summed E-state index contributed by atoms with van der Waals surface area (Å²) in [5.74, 6) is -3.89. The van der Waals surface area contributed by atoms with Crippen LogP contribution in [0, 0.1) is 11.6 Å². The molecule has 2 atom stereocenters. The summed E-state index contributed by atoms with van der Waals surface area (Å²) in [7, 11) is 2.80. The fourth-order valence-electron chi connectivity index (χ4n) is 3.59. The molecule has 0 radical (unpaired) electrons. The average molecular weight is 511 g/mol. The predicted molar refractivity (Wildman–Crippen MR) is 127 cm³/mol. The number of ether oxygens (including phenoxy) is 1. The zero-order valence-electron chi connectivity index (χ0n) is 19.1. The molecule has 3 amide bonds. The molecule has 0 fully saturated rings. The van der Waals surface area contributed by atoms with E-state index in [9.17, 15) is 33.1 Å². The normalized spacial score (nSPS) is 16.0. The van der Waals surface area contributed by atoms with Crippen molar-refractivity contribution in [3.8, 4) is 16.9 Å². The number of carbonyl (C=O) groups is 4. The number of carboxylic acid groups (broad SMARTS) is 1. The van der Waals surface area contributed by atoms with Crippen molar-refractivity contribution in [3.63, 3.8) is 0 Å². The summed E-state index contributed by atoms with van der Waals surface area (Å²) in [6, 6.07) is 3.80. The van der Waals surface area contributed by atoms with E-state index in [4.69, 9.17) is 4.74 Å². The van der Waals surface area contributed by atoms with Crippen LogP contribution in [0.25, 0.3) is 11.1 Å². The zero-order valence-corrected chi connectivity index (χ0v) is 19.1. The van der Waals surface area contributed by atoms with Crippen molar-refractivity contribution < 1.29 is 37.8 Å². The summed E-state index contributed by atoms with van der Waals surface area (Å²) in [5.41, 5.74) is 0.955. The van der Waals surface area contributed by atoms with Gasteiger partial charge in [0.15, 0.2) is 11.8 Å². The molecule has 0 aliphatic carbocycles. The van der Waals surface area contributed by atoms with Crippen LogP contribution in [0.4, 0.5) is 13.6 Å². The summed E-state index contributed by atoms with van der Waals surface area (Å²) in [4.78, 5) is 50.0.